The first-order valence-corrected chi connectivity index (χ1v) is 5.46. The Morgan fingerprint density at radius 2 is 1.33 bits per heavy atom. The summed E-state index contributed by atoms with van der Waals surface area (Å²) >= 11 is 0. The van der Waals surface area contributed by atoms with Gasteiger partial charge >= 0.3 is 0 Å². The third-order valence-corrected chi connectivity index (χ3v) is 3.28. The number of hydrogen-bond donors (Lipinski definition) is 0. The van der Waals surface area contributed by atoms with E-state index in [2.05, 4.69) is 34.1 Å². The van der Waals surface area contributed by atoms with Gasteiger partial charge in [-0.15, -0.1) is 0 Å². The Kier molecular flexibility index (Phi) is 3.61. The standard InChI is InChI=1S/C12H23/c1-9(2)11-6-5-7-12(8-11)10(3)4/h8-12H,5-7H2,1-4H3. The van der Waals surface area contributed by atoms with Crippen molar-refractivity contribution in [1.29, 1.82) is 0 Å². The summed E-state index contributed by atoms with van der Waals surface area (Å²) in [5, 5.41) is 0. The predicted molar refractivity (Wildman–Crippen MR) is 54.8 cm³/mol. The van der Waals surface area contributed by atoms with Gasteiger partial charge in [-0.05, 0) is 42.9 Å². The van der Waals surface area contributed by atoms with Gasteiger partial charge in [-0.25, -0.2) is 0 Å². The van der Waals surface area contributed by atoms with Crippen LogP contribution in [0.5, 0.6) is 0 Å². The first-order valence-electron chi connectivity index (χ1n) is 5.46. The van der Waals surface area contributed by atoms with Crippen molar-refractivity contribution in [2.24, 2.45) is 23.7 Å². The summed E-state index contributed by atoms with van der Waals surface area (Å²) in [6.45, 7) is 9.40. The van der Waals surface area contributed by atoms with Crippen LogP contribution in [0, 0.1) is 30.1 Å². The van der Waals surface area contributed by atoms with Crippen molar-refractivity contribution in [2.45, 2.75) is 47.0 Å². The van der Waals surface area contributed by atoms with Crippen LogP contribution in [0.3, 0.4) is 0 Å². The molecule has 0 bridgehead atoms. The van der Waals surface area contributed by atoms with E-state index in [0.29, 0.717) is 0 Å². The molecular weight excluding hydrogens is 144 g/mol. The monoisotopic (exact) mass is 167 g/mol. The molecule has 0 aromatic rings. The van der Waals surface area contributed by atoms with Crippen molar-refractivity contribution in [3.63, 3.8) is 0 Å². The van der Waals surface area contributed by atoms with E-state index in [1.165, 1.54) is 19.3 Å². The molecule has 0 nitrogen and oxygen atoms in total. The van der Waals surface area contributed by atoms with Gasteiger partial charge in [0.1, 0.15) is 0 Å². The highest BCUT2D eigenvalue weighted by atomic mass is 14.3. The number of rotatable bonds is 2. The van der Waals surface area contributed by atoms with Crippen LogP contribution in [0.1, 0.15) is 47.0 Å². The van der Waals surface area contributed by atoms with E-state index in [-0.39, 0.29) is 0 Å². The quantitative estimate of drug-likeness (QED) is 0.585. The fourth-order valence-corrected chi connectivity index (χ4v) is 2.21. The zero-order chi connectivity index (χ0) is 9.14. The molecule has 0 spiro atoms. The Balaban J connectivity index is 2.40. The molecule has 0 N–H and O–H groups in total. The van der Waals surface area contributed by atoms with Gasteiger partial charge < -0.3 is 0 Å². The van der Waals surface area contributed by atoms with E-state index >= 15 is 0 Å². The minimum absolute atomic E-state index is 0.853. The Morgan fingerprint density at radius 1 is 0.917 bits per heavy atom. The van der Waals surface area contributed by atoms with Crippen molar-refractivity contribution in [3.05, 3.63) is 6.42 Å². The van der Waals surface area contributed by atoms with E-state index < -0.39 is 0 Å². The second-order valence-electron chi connectivity index (χ2n) is 4.94. The van der Waals surface area contributed by atoms with Crippen molar-refractivity contribution in [2.75, 3.05) is 0 Å². The lowest BCUT2D eigenvalue weighted by Gasteiger charge is -2.33. The molecule has 12 heavy (non-hydrogen) atoms. The zero-order valence-electron chi connectivity index (χ0n) is 9.01. The average Bonchev–Trinajstić information content (AvgIpc) is 2.04. The summed E-state index contributed by atoms with van der Waals surface area (Å²) in [5.41, 5.74) is 0. The third-order valence-electron chi connectivity index (χ3n) is 3.28. The highest BCUT2D eigenvalue weighted by Gasteiger charge is 2.25. The molecule has 1 aliphatic rings. The molecule has 71 valence electrons. The summed E-state index contributed by atoms with van der Waals surface area (Å²) in [7, 11) is 0. The molecule has 0 aliphatic heterocycles. The molecule has 0 amide bonds. The minimum Gasteiger partial charge on any atom is -0.0625 e. The van der Waals surface area contributed by atoms with E-state index in [4.69, 9.17) is 0 Å². The molecule has 2 unspecified atom stereocenters. The van der Waals surface area contributed by atoms with Gasteiger partial charge in [0.25, 0.3) is 0 Å². The molecule has 1 radical (unpaired) electrons. The van der Waals surface area contributed by atoms with Gasteiger partial charge in [0, 0.05) is 0 Å². The summed E-state index contributed by atoms with van der Waals surface area (Å²) < 4.78 is 0. The lowest BCUT2D eigenvalue weighted by Crippen LogP contribution is -2.23. The molecule has 0 aromatic carbocycles. The fraction of sp³-hybridized carbons (Fsp3) is 0.917. The molecule has 1 fully saturated rings. The second kappa shape index (κ2) is 4.30. The predicted octanol–water partition coefficient (Wildman–Crippen LogP) is 3.92. The van der Waals surface area contributed by atoms with Crippen LogP contribution in [-0.4, -0.2) is 0 Å². The van der Waals surface area contributed by atoms with Crippen LogP contribution >= 0.6 is 0 Å². The second-order valence-corrected chi connectivity index (χ2v) is 4.94. The van der Waals surface area contributed by atoms with Crippen LogP contribution in [0.15, 0.2) is 0 Å². The SMILES string of the molecule is CC(C)C1[CH]C(C(C)C)CCC1. The maximum Gasteiger partial charge on any atom is -0.0319 e. The van der Waals surface area contributed by atoms with E-state index in [1.807, 2.05) is 0 Å². The van der Waals surface area contributed by atoms with E-state index in [0.717, 1.165) is 23.7 Å². The highest BCUT2D eigenvalue weighted by Crippen LogP contribution is 2.36. The average molecular weight is 167 g/mol. The highest BCUT2D eigenvalue weighted by molar-refractivity contribution is 4.90. The minimum atomic E-state index is 0.853. The molecule has 1 aliphatic carbocycles. The Labute approximate surface area is 77.7 Å². The van der Waals surface area contributed by atoms with Crippen molar-refractivity contribution in [3.8, 4) is 0 Å². The van der Waals surface area contributed by atoms with Crippen LogP contribution < -0.4 is 0 Å². The van der Waals surface area contributed by atoms with Gasteiger partial charge in [0.05, 0.1) is 0 Å². The van der Waals surface area contributed by atoms with Gasteiger partial charge in [0.15, 0.2) is 0 Å². The van der Waals surface area contributed by atoms with Gasteiger partial charge in [0.2, 0.25) is 0 Å². The number of hydrogen-bond acceptors (Lipinski definition) is 0. The summed E-state index contributed by atoms with van der Waals surface area (Å²) in [6.07, 6.45) is 6.93. The maximum atomic E-state index is 2.62. The normalized spacial score (nSPS) is 31.5. The molecule has 0 heterocycles. The third kappa shape index (κ3) is 2.50. The molecule has 1 rings (SSSR count). The van der Waals surface area contributed by atoms with Gasteiger partial charge in [-0.1, -0.05) is 34.1 Å². The van der Waals surface area contributed by atoms with Gasteiger partial charge in [-0.2, -0.15) is 0 Å². The molecule has 2 atom stereocenters. The lowest BCUT2D eigenvalue weighted by molar-refractivity contribution is 0.255. The molecular formula is C12H23. The largest absolute Gasteiger partial charge is 0.0625 e. The van der Waals surface area contributed by atoms with Crippen molar-refractivity contribution >= 4 is 0 Å². The topological polar surface area (TPSA) is 0 Å². The molecule has 1 saturated carbocycles. The summed E-state index contributed by atoms with van der Waals surface area (Å²) in [6, 6.07) is 0. The maximum absolute atomic E-state index is 2.62. The summed E-state index contributed by atoms with van der Waals surface area (Å²) in [5.74, 6) is 3.50. The molecule has 0 heteroatoms. The Hall–Kier alpha value is 0. The van der Waals surface area contributed by atoms with Crippen molar-refractivity contribution < 1.29 is 0 Å². The lowest BCUT2D eigenvalue weighted by atomic mass is 9.72. The molecule has 0 saturated heterocycles. The van der Waals surface area contributed by atoms with E-state index in [9.17, 15) is 0 Å². The zero-order valence-corrected chi connectivity index (χ0v) is 9.01. The fourth-order valence-electron chi connectivity index (χ4n) is 2.21. The summed E-state index contributed by atoms with van der Waals surface area (Å²) in [4.78, 5) is 0. The first kappa shape index (κ1) is 10.1. The van der Waals surface area contributed by atoms with Crippen LogP contribution in [0.4, 0.5) is 0 Å². The Bertz CT molecular complexity index is 110. The molecule has 0 aromatic heterocycles. The first-order chi connectivity index (χ1) is 5.61. The van der Waals surface area contributed by atoms with Crippen LogP contribution in [0.2, 0.25) is 0 Å². The van der Waals surface area contributed by atoms with Gasteiger partial charge in [-0.3, -0.25) is 0 Å². The smallest absolute Gasteiger partial charge is 0.0319 e. The van der Waals surface area contributed by atoms with Crippen molar-refractivity contribution in [1.82, 2.24) is 0 Å². The van der Waals surface area contributed by atoms with E-state index in [1.54, 1.807) is 0 Å². The van der Waals surface area contributed by atoms with Crippen LogP contribution in [-0.2, 0) is 0 Å². The Morgan fingerprint density at radius 3 is 1.67 bits per heavy atom. The van der Waals surface area contributed by atoms with Crippen LogP contribution in [0.25, 0.3) is 0 Å².